The van der Waals surface area contributed by atoms with Gasteiger partial charge in [0.15, 0.2) is 0 Å². The first kappa shape index (κ1) is 19.8. The molecule has 1 heterocycles. The van der Waals surface area contributed by atoms with E-state index in [4.69, 9.17) is 11.5 Å². The molecule has 0 unspecified atom stereocenters. The molecule has 7 heteroatoms. The van der Waals surface area contributed by atoms with Crippen LogP contribution in [0, 0.1) is 0 Å². The highest BCUT2D eigenvalue weighted by molar-refractivity contribution is 6.18. The summed E-state index contributed by atoms with van der Waals surface area (Å²) in [6.07, 6.45) is 6.91. The maximum Gasteiger partial charge on any atom is 0.363 e. The van der Waals surface area contributed by atoms with E-state index in [9.17, 15) is 19.2 Å². The molecule has 0 aromatic carbocycles. The molecule has 0 aliphatic carbocycles. The maximum atomic E-state index is 12.9. The number of carbonyl (C=O) groups excluding carboxylic acids is 4. The Balaban J connectivity index is 3.37. The van der Waals surface area contributed by atoms with Crippen molar-refractivity contribution in [3.05, 3.63) is 36.5 Å². The molecule has 4 amide bonds. The van der Waals surface area contributed by atoms with Crippen LogP contribution in [0.1, 0.15) is 32.6 Å². The third-order valence-electron chi connectivity index (χ3n) is 3.74. The molecule has 0 radical (unpaired) electrons. The normalized spacial score (nSPS) is 22.0. The van der Waals surface area contributed by atoms with Gasteiger partial charge in [-0.25, -0.2) is 19.2 Å². The number of hydrogen-bond donors (Lipinski definition) is 2. The minimum absolute atomic E-state index is 0.0680. The van der Waals surface area contributed by atoms with Crippen molar-refractivity contribution in [2.45, 2.75) is 38.6 Å². The first-order valence-electron chi connectivity index (χ1n) is 7.81. The lowest BCUT2D eigenvalue weighted by Crippen LogP contribution is -2.67. The second kappa shape index (κ2) is 8.58. The van der Waals surface area contributed by atoms with Crippen molar-refractivity contribution in [1.82, 2.24) is 0 Å². The molecular weight excluding hydrogens is 310 g/mol. The largest absolute Gasteiger partial charge is 0.363 e. The molecule has 7 nitrogen and oxygen atoms in total. The topological polar surface area (TPSA) is 120 Å². The van der Waals surface area contributed by atoms with Gasteiger partial charge in [0, 0.05) is 17.7 Å². The van der Waals surface area contributed by atoms with Gasteiger partial charge in [0.1, 0.15) is 6.04 Å². The summed E-state index contributed by atoms with van der Waals surface area (Å²) in [5.74, 6) is -3.74. The third-order valence-corrected chi connectivity index (χ3v) is 3.74. The Bertz CT molecular complexity index is 595. The number of rotatable bonds is 6. The Morgan fingerprint density at radius 1 is 1.21 bits per heavy atom. The lowest BCUT2D eigenvalue weighted by atomic mass is 10.0. The second-order valence-corrected chi connectivity index (χ2v) is 5.70. The first-order chi connectivity index (χ1) is 11.3. The average Bonchev–Trinajstić information content (AvgIpc) is 2.53. The molecule has 0 spiro atoms. The van der Waals surface area contributed by atoms with Crippen LogP contribution in [-0.4, -0.2) is 40.7 Å². The molecule has 0 bridgehead atoms. The molecule has 0 saturated heterocycles. The number of amides is 4. The van der Waals surface area contributed by atoms with E-state index in [0.717, 1.165) is 12.2 Å². The van der Waals surface area contributed by atoms with E-state index in [-0.39, 0.29) is 12.0 Å². The lowest BCUT2D eigenvalue weighted by molar-refractivity contribution is -0.620. The molecule has 0 fully saturated rings. The maximum absolute atomic E-state index is 12.9. The Kier molecular flexibility index (Phi) is 7.09. The highest BCUT2D eigenvalue weighted by Gasteiger charge is 2.58. The molecule has 0 saturated carbocycles. The third kappa shape index (κ3) is 3.81. The van der Waals surface area contributed by atoms with Gasteiger partial charge in [-0.15, -0.1) is 0 Å². The van der Waals surface area contributed by atoms with E-state index in [1.807, 2.05) is 0 Å². The summed E-state index contributed by atoms with van der Waals surface area (Å²) >= 11 is 0. The zero-order valence-electron chi connectivity index (χ0n) is 13.9. The van der Waals surface area contributed by atoms with E-state index >= 15 is 0 Å². The minimum Gasteiger partial charge on any atom is -0.330 e. The zero-order chi connectivity index (χ0) is 18.3. The number of nitrogens with two attached hydrogens (primary N) is 2. The molecule has 4 N–H and O–H groups in total. The molecule has 1 aliphatic rings. The fourth-order valence-electron chi connectivity index (χ4n) is 2.43. The molecule has 24 heavy (non-hydrogen) atoms. The van der Waals surface area contributed by atoms with E-state index in [0.29, 0.717) is 25.8 Å². The van der Waals surface area contributed by atoms with Gasteiger partial charge < -0.3 is 11.5 Å². The van der Waals surface area contributed by atoms with Crippen LogP contribution >= 0.6 is 0 Å². The average molecular weight is 334 g/mol. The zero-order valence-corrected chi connectivity index (χ0v) is 13.9. The second-order valence-electron chi connectivity index (χ2n) is 5.70. The summed E-state index contributed by atoms with van der Waals surface area (Å²) in [6.45, 7) is 5.28. The minimum atomic E-state index is -1.61. The van der Waals surface area contributed by atoms with Crippen LogP contribution in [0.5, 0.6) is 0 Å². The number of unbranched alkanes of at least 4 members (excludes halogenated alkanes) is 1. The molecule has 0 aromatic rings. The van der Waals surface area contributed by atoms with Crippen molar-refractivity contribution in [3.8, 4) is 0 Å². The number of carbonyl (C=O) groups is 4. The van der Waals surface area contributed by atoms with Gasteiger partial charge in [-0.05, 0) is 39.2 Å². The van der Waals surface area contributed by atoms with Gasteiger partial charge in [-0.2, -0.15) is 0 Å². The number of hydrogen-bond acceptors (Lipinski definition) is 6. The highest BCUT2D eigenvalue weighted by Crippen LogP contribution is 2.21. The van der Waals surface area contributed by atoms with E-state index in [1.165, 1.54) is 19.1 Å². The standard InChI is InChI=1S/C17H24N3O4/c1-12(2)16(23)20(17(24)13(19)8-6-7-11-18)14(21)9-4-3-5-10-15(20)22/h4-5,9-10,13H,1,3,6-8,11,18-19H2,2H3/q+1/t13-,20?/m0/s1. The quantitative estimate of drug-likeness (QED) is 0.315. The van der Waals surface area contributed by atoms with Crippen LogP contribution in [0.2, 0.25) is 0 Å². The Labute approximate surface area is 141 Å². The molecule has 1 aliphatic heterocycles. The number of allylic oxidation sites excluding steroid dienone is 2. The Morgan fingerprint density at radius 3 is 2.21 bits per heavy atom. The Hall–Kier alpha value is -2.22. The predicted octanol–water partition coefficient (Wildman–Crippen LogP) is 0.458. The monoisotopic (exact) mass is 334 g/mol. The van der Waals surface area contributed by atoms with Gasteiger partial charge in [0.05, 0.1) is 0 Å². The summed E-state index contributed by atoms with van der Waals surface area (Å²) in [5, 5.41) is 0. The van der Waals surface area contributed by atoms with Crippen LogP contribution in [-0.2, 0) is 19.2 Å². The van der Waals surface area contributed by atoms with Crippen molar-refractivity contribution >= 4 is 23.6 Å². The highest BCUT2D eigenvalue weighted by atomic mass is 16.2. The number of imide groups is 6. The summed E-state index contributed by atoms with van der Waals surface area (Å²) in [5.41, 5.74) is 11.2. The first-order valence-corrected chi connectivity index (χ1v) is 7.81. The Morgan fingerprint density at radius 2 is 1.75 bits per heavy atom. The molecular formula is C17H24N3O4+. The van der Waals surface area contributed by atoms with Crippen LogP contribution in [0.3, 0.4) is 0 Å². The van der Waals surface area contributed by atoms with Crippen LogP contribution in [0.4, 0.5) is 0 Å². The van der Waals surface area contributed by atoms with Gasteiger partial charge in [-0.3, -0.25) is 0 Å². The van der Waals surface area contributed by atoms with E-state index in [1.54, 1.807) is 0 Å². The van der Waals surface area contributed by atoms with Crippen molar-refractivity contribution in [2.75, 3.05) is 6.54 Å². The summed E-state index contributed by atoms with van der Waals surface area (Å²) in [6, 6.07) is -1.13. The number of nitrogens with zero attached hydrogens (tertiary/aromatic N) is 1. The van der Waals surface area contributed by atoms with Crippen LogP contribution in [0.15, 0.2) is 36.5 Å². The lowest BCUT2D eigenvalue weighted by Gasteiger charge is -2.28. The predicted molar refractivity (Wildman–Crippen MR) is 88.9 cm³/mol. The smallest absolute Gasteiger partial charge is 0.330 e. The van der Waals surface area contributed by atoms with Gasteiger partial charge in [-0.1, -0.05) is 23.2 Å². The van der Waals surface area contributed by atoms with Crippen molar-refractivity contribution < 1.29 is 23.7 Å². The van der Waals surface area contributed by atoms with E-state index < -0.39 is 34.2 Å². The van der Waals surface area contributed by atoms with Crippen molar-refractivity contribution in [2.24, 2.45) is 11.5 Å². The molecule has 0 aromatic heterocycles. The molecule has 130 valence electrons. The van der Waals surface area contributed by atoms with Crippen LogP contribution < -0.4 is 11.5 Å². The number of quaternary nitrogens is 1. The van der Waals surface area contributed by atoms with Crippen LogP contribution in [0.25, 0.3) is 0 Å². The molecule has 1 rings (SSSR count). The van der Waals surface area contributed by atoms with Gasteiger partial charge in [0.25, 0.3) is 0 Å². The molecule has 1 atom stereocenters. The van der Waals surface area contributed by atoms with Gasteiger partial charge in [0.2, 0.25) is 0 Å². The SMILES string of the molecule is C=C(C)C(=O)[N+]1(C(=O)[C@@H](N)CCCCN)C(=O)C=CCC=CC1=O. The van der Waals surface area contributed by atoms with Crippen molar-refractivity contribution in [3.63, 3.8) is 0 Å². The van der Waals surface area contributed by atoms with E-state index in [2.05, 4.69) is 6.58 Å². The summed E-state index contributed by atoms with van der Waals surface area (Å²) < 4.78 is -1.61. The summed E-state index contributed by atoms with van der Waals surface area (Å²) in [4.78, 5) is 50.7. The van der Waals surface area contributed by atoms with Crippen molar-refractivity contribution in [1.29, 1.82) is 0 Å². The fraction of sp³-hybridized carbons (Fsp3) is 0.412. The fourth-order valence-corrected chi connectivity index (χ4v) is 2.43. The van der Waals surface area contributed by atoms with Gasteiger partial charge >= 0.3 is 23.6 Å². The summed E-state index contributed by atoms with van der Waals surface area (Å²) in [7, 11) is 0.